The zero-order valence-electron chi connectivity index (χ0n) is 22.7. The van der Waals surface area contributed by atoms with E-state index in [2.05, 4.69) is 14.9 Å². The summed E-state index contributed by atoms with van der Waals surface area (Å²) in [5, 5.41) is 12.1. The summed E-state index contributed by atoms with van der Waals surface area (Å²) in [4.78, 5) is 30.8. The molecule has 3 heterocycles. The fourth-order valence-electron chi connectivity index (χ4n) is 6.53. The number of aliphatic hydroxyl groups is 1. The SMILES string of the molecule is CN1C(=O)C2(CCOCC2)c2cc(NC(=O)c3ccc(NS(=O)(=O)CCO)cc3N3CCC4(CC3)CC4)ccc21. The van der Waals surface area contributed by atoms with E-state index in [1.54, 1.807) is 30.1 Å². The molecule has 2 aromatic carbocycles. The van der Waals surface area contributed by atoms with E-state index in [0.29, 0.717) is 54.1 Å². The number of carbonyl (C=O) groups is 2. The number of hydrogen-bond acceptors (Lipinski definition) is 7. The van der Waals surface area contributed by atoms with Crippen molar-refractivity contribution in [3.63, 3.8) is 0 Å². The van der Waals surface area contributed by atoms with Crippen LogP contribution in [0.15, 0.2) is 36.4 Å². The fourth-order valence-corrected chi connectivity index (χ4v) is 7.36. The predicted molar refractivity (Wildman–Crippen MR) is 154 cm³/mol. The molecule has 3 N–H and O–H groups in total. The van der Waals surface area contributed by atoms with Gasteiger partial charge in [0.05, 0.1) is 34.7 Å². The van der Waals surface area contributed by atoms with Crippen LogP contribution in [0, 0.1) is 5.41 Å². The van der Waals surface area contributed by atoms with Crippen molar-refractivity contribution in [1.29, 1.82) is 0 Å². The lowest BCUT2D eigenvalue weighted by molar-refractivity contribution is -0.126. The van der Waals surface area contributed by atoms with Gasteiger partial charge in [-0.1, -0.05) is 0 Å². The standard InChI is InChI=1S/C29H36N4O6S/c1-32-24-5-3-20(18-23(24)29(27(32)36)10-15-39-16-11-29)30-26(35)22-4-2-21(31-40(37,38)17-14-34)19-25(22)33-12-8-28(6-7-28)9-13-33/h2-5,18-19,31,34H,6-17H2,1H3,(H,30,35). The number of rotatable bonds is 7. The number of likely N-dealkylation sites (N-methyl/N-ethyl adjacent to an activating group) is 1. The molecule has 2 saturated heterocycles. The highest BCUT2D eigenvalue weighted by molar-refractivity contribution is 7.92. The van der Waals surface area contributed by atoms with Gasteiger partial charge in [0, 0.05) is 44.7 Å². The quantitative estimate of drug-likeness (QED) is 0.468. The third-order valence-electron chi connectivity index (χ3n) is 9.19. The lowest BCUT2D eigenvalue weighted by atomic mass is 9.75. The molecule has 0 unspecified atom stereocenters. The van der Waals surface area contributed by atoms with Crippen LogP contribution >= 0.6 is 0 Å². The molecule has 40 heavy (non-hydrogen) atoms. The molecule has 1 aliphatic carbocycles. The Morgan fingerprint density at radius 3 is 2.35 bits per heavy atom. The first-order valence-corrected chi connectivity index (χ1v) is 15.6. The lowest BCUT2D eigenvalue weighted by Crippen LogP contribution is -2.42. The summed E-state index contributed by atoms with van der Waals surface area (Å²) in [6.07, 6.45) is 5.81. The Kier molecular flexibility index (Phi) is 6.79. The average molecular weight is 569 g/mol. The molecule has 1 saturated carbocycles. The van der Waals surface area contributed by atoms with Crippen molar-refractivity contribution < 1.29 is 27.9 Å². The van der Waals surface area contributed by atoms with E-state index in [9.17, 15) is 18.0 Å². The van der Waals surface area contributed by atoms with Gasteiger partial charge in [-0.25, -0.2) is 8.42 Å². The minimum Gasteiger partial charge on any atom is -0.395 e. The van der Waals surface area contributed by atoms with Crippen LogP contribution in [0.2, 0.25) is 0 Å². The molecule has 3 aliphatic heterocycles. The Balaban J connectivity index is 1.29. The van der Waals surface area contributed by atoms with E-state index in [0.717, 1.165) is 37.2 Å². The number of fused-ring (bicyclic) bond motifs is 2. The number of nitrogens with one attached hydrogen (secondary N) is 2. The number of amides is 2. The van der Waals surface area contributed by atoms with Gasteiger partial charge in [0.1, 0.15) is 0 Å². The third kappa shape index (κ3) is 4.84. The van der Waals surface area contributed by atoms with Gasteiger partial charge >= 0.3 is 0 Å². The largest absolute Gasteiger partial charge is 0.395 e. The van der Waals surface area contributed by atoms with E-state index in [1.807, 2.05) is 18.2 Å². The zero-order chi connectivity index (χ0) is 28.1. The molecule has 0 bridgehead atoms. The topological polar surface area (TPSA) is 128 Å². The number of nitrogens with zero attached hydrogens (tertiary/aromatic N) is 2. The number of carbonyl (C=O) groups excluding carboxylic acids is 2. The normalized spacial score (nSPS) is 21.0. The highest BCUT2D eigenvalue weighted by atomic mass is 32.2. The third-order valence-corrected chi connectivity index (χ3v) is 10.5. The van der Waals surface area contributed by atoms with Gasteiger partial charge < -0.3 is 25.0 Å². The smallest absolute Gasteiger partial charge is 0.257 e. The zero-order valence-corrected chi connectivity index (χ0v) is 23.6. The first-order chi connectivity index (χ1) is 19.2. The van der Waals surface area contributed by atoms with Crippen molar-refractivity contribution in [3.05, 3.63) is 47.5 Å². The molecule has 2 spiro atoms. The summed E-state index contributed by atoms with van der Waals surface area (Å²) in [6.45, 7) is 2.15. The summed E-state index contributed by atoms with van der Waals surface area (Å²) >= 11 is 0. The number of anilines is 4. The Morgan fingerprint density at radius 1 is 0.975 bits per heavy atom. The molecule has 10 nitrogen and oxygen atoms in total. The van der Waals surface area contributed by atoms with Gasteiger partial charge in [0.15, 0.2) is 0 Å². The molecular weight excluding hydrogens is 532 g/mol. The van der Waals surface area contributed by atoms with Crippen molar-refractivity contribution >= 4 is 44.6 Å². The van der Waals surface area contributed by atoms with Gasteiger partial charge in [-0.3, -0.25) is 14.3 Å². The number of piperidine rings is 1. The summed E-state index contributed by atoms with van der Waals surface area (Å²) in [5.74, 6) is -0.639. The lowest BCUT2D eigenvalue weighted by Gasteiger charge is -2.35. The first kappa shape index (κ1) is 27.0. The summed E-state index contributed by atoms with van der Waals surface area (Å²) in [7, 11) is -1.92. The molecule has 0 atom stereocenters. The predicted octanol–water partition coefficient (Wildman–Crippen LogP) is 3.08. The molecule has 0 radical (unpaired) electrons. The Morgan fingerprint density at radius 2 is 1.68 bits per heavy atom. The van der Waals surface area contributed by atoms with Crippen LogP contribution in [-0.2, 0) is 25.0 Å². The molecule has 2 amide bonds. The fraction of sp³-hybridized carbons (Fsp3) is 0.517. The number of sulfonamides is 1. The highest BCUT2D eigenvalue weighted by Gasteiger charge is 2.50. The minimum atomic E-state index is -3.71. The second-order valence-electron chi connectivity index (χ2n) is 11.6. The number of hydrogen-bond donors (Lipinski definition) is 3. The summed E-state index contributed by atoms with van der Waals surface area (Å²) < 4.78 is 32.7. The summed E-state index contributed by atoms with van der Waals surface area (Å²) in [6, 6.07) is 10.5. The van der Waals surface area contributed by atoms with E-state index < -0.39 is 27.8 Å². The van der Waals surface area contributed by atoms with Gasteiger partial charge in [0.2, 0.25) is 15.9 Å². The van der Waals surface area contributed by atoms with Crippen LogP contribution < -0.4 is 19.8 Å². The average Bonchev–Trinajstić information content (AvgIpc) is 3.67. The van der Waals surface area contributed by atoms with Crippen molar-refractivity contribution in [2.75, 3.05) is 65.5 Å². The van der Waals surface area contributed by atoms with E-state index in [4.69, 9.17) is 9.84 Å². The van der Waals surface area contributed by atoms with Crippen LogP contribution in [0.5, 0.6) is 0 Å². The van der Waals surface area contributed by atoms with Gasteiger partial charge in [-0.05, 0) is 85.9 Å². The van der Waals surface area contributed by atoms with Gasteiger partial charge in [-0.15, -0.1) is 0 Å². The van der Waals surface area contributed by atoms with E-state index in [-0.39, 0.29) is 11.8 Å². The van der Waals surface area contributed by atoms with Crippen molar-refractivity contribution in [2.45, 2.75) is 43.9 Å². The van der Waals surface area contributed by atoms with E-state index in [1.165, 1.54) is 12.8 Å². The number of aliphatic hydroxyl groups excluding tert-OH is 1. The van der Waals surface area contributed by atoms with Gasteiger partial charge in [0.25, 0.3) is 5.91 Å². The van der Waals surface area contributed by atoms with Crippen molar-refractivity contribution in [3.8, 4) is 0 Å². The van der Waals surface area contributed by atoms with Crippen LogP contribution in [0.4, 0.5) is 22.7 Å². The minimum absolute atomic E-state index is 0.0642. The Labute approximate surface area is 234 Å². The maximum Gasteiger partial charge on any atom is 0.257 e. The molecule has 2 aromatic rings. The maximum absolute atomic E-state index is 13.7. The molecule has 3 fully saturated rings. The van der Waals surface area contributed by atoms with E-state index >= 15 is 0 Å². The molecular formula is C29H36N4O6S. The Hall–Kier alpha value is -3.15. The molecule has 214 valence electrons. The molecule has 6 rings (SSSR count). The van der Waals surface area contributed by atoms with Crippen LogP contribution in [-0.4, -0.2) is 71.0 Å². The first-order valence-electron chi connectivity index (χ1n) is 14.0. The second-order valence-corrected chi connectivity index (χ2v) is 13.5. The maximum atomic E-state index is 13.7. The van der Waals surface area contributed by atoms with Crippen molar-refractivity contribution in [2.24, 2.45) is 5.41 Å². The van der Waals surface area contributed by atoms with Crippen LogP contribution in [0.3, 0.4) is 0 Å². The van der Waals surface area contributed by atoms with Gasteiger partial charge in [-0.2, -0.15) is 0 Å². The number of benzene rings is 2. The second kappa shape index (κ2) is 10.0. The van der Waals surface area contributed by atoms with Crippen molar-refractivity contribution in [1.82, 2.24) is 0 Å². The number of ether oxygens (including phenoxy) is 1. The van der Waals surface area contributed by atoms with Crippen LogP contribution in [0.1, 0.15) is 54.4 Å². The molecule has 0 aromatic heterocycles. The molecule has 4 aliphatic rings. The highest BCUT2D eigenvalue weighted by Crippen LogP contribution is 2.54. The van der Waals surface area contributed by atoms with Crippen LogP contribution in [0.25, 0.3) is 0 Å². The monoisotopic (exact) mass is 568 g/mol. The summed E-state index contributed by atoms with van der Waals surface area (Å²) in [5.41, 5.74) is 3.66. The Bertz CT molecular complexity index is 1440. The molecule has 11 heteroatoms.